The maximum atomic E-state index is 11.8. The standard InChI is InChI=1S/C10H15NO3S2/c1-8-3-4-9(11)10(7-8)15(12)5-6-16(2,13)14/h3-4,7H,5-6,11H2,1-2H3. The van der Waals surface area contributed by atoms with Crippen molar-refractivity contribution in [3.05, 3.63) is 23.8 Å². The molecule has 1 atom stereocenters. The van der Waals surface area contributed by atoms with E-state index in [4.69, 9.17) is 5.73 Å². The molecule has 0 bridgehead atoms. The van der Waals surface area contributed by atoms with Crippen molar-refractivity contribution >= 4 is 26.3 Å². The van der Waals surface area contributed by atoms with Crippen molar-refractivity contribution in [2.24, 2.45) is 0 Å². The van der Waals surface area contributed by atoms with E-state index in [2.05, 4.69) is 0 Å². The second-order valence-corrected chi connectivity index (χ2v) is 7.52. The van der Waals surface area contributed by atoms with Gasteiger partial charge in [0.25, 0.3) is 0 Å². The molecule has 16 heavy (non-hydrogen) atoms. The lowest BCUT2D eigenvalue weighted by atomic mass is 10.2. The van der Waals surface area contributed by atoms with Gasteiger partial charge in [-0.15, -0.1) is 0 Å². The predicted octanol–water partition coefficient (Wildman–Crippen LogP) is 0.729. The van der Waals surface area contributed by atoms with Crippen molar-refractivity contribution in [3.8, 4) is 0 Å². The van der Waals surface area contributed by atoms with Gasteiger partial charge in [0.05, 0.1) is 21.4 Å². The van der Waals surface area contributed by atoms with Crippen LogP contribution in [0.4, 0.5) is 5.69 Å². The van der Waals surface area contributed by atoms with E-state index in [1.807, 2.05) is 13.0 Å². The average molecular weight is 261 g/mol. The number of aryl methyl sites for hydroxylation is 1. The first-order chi connectivity index (χ1) is 7.29. The van der Waals surface area contributed by atoms with Gasteiger partial charge in [-0.05, 0) is 24.6 Å². The summed E-state index contributed by atoms with van der Waals surface area (Å²) in [6.45, 7) is 1.87. The van der Waals surface area contributed by atoms with Crippen molar-refractivity contribution in [2.75, 3.05) is 23.5 Å². The third-order valence-corrected chi connectivity index (χ3v) is 4.68. The molecule has 0 radical (unpaired) electrons. The highest BCUT2D eigenvalue weighted by Gasteiger charge is 2.11. The number of nitrogens with two attached hydrogens (primary N) is 1. The zero-order valence-electron chi connectivity index (χ0n) is 9.26. The van der Waals surface area contributed by atoms with E-state index in [0.29, 0.717) is 10.6 Å². The zero-order valence-corrected chi connectivity index (χ0v) is 10.9. The van der Waals surface area contributed by atoms with Crippen molar-refractivity contribution in [1.82, 2.24) is 0 Å². The second-order valence-electron chi connectivity index (χ2n) is 3.72. The Bertz CT molecular complexity index is 509. The molecule has 0 saturated carbocycles. The van der Waals surface area contributed by atoms with E-state index < -0.39 is 20.6 Å². The van der Waals surface area contributed by atoms with Gasteiger partial charge in [0.2, 0.25) is 0 Å². The fourth-order valence-corrected chi connectivity index (χ4v) is 3.86. The summed E-state index contributed by atoms with van der Waals surface area (Å²) in [4.78, 5) is 0.517. The molecule has 4 nitrogen and oxygen atoms in total. The summed E-state index contributed by atoms with van der Waals surface area (Å²) < 4.78 is 33.7. The molecule has 0 aliphatic carbocycles. The molecule has 90 valence electrons. The molecule has 0 aliphatic rings. The van der Waals surface area contributed by atoms with E-state index in [1.165, 1.54) is 0 Å². The van der Waals surface area contributed by atoms with Crippen LogP contribution in [0.1, 0.15) is 5.56 Å². The second kappa shape index (κ2) is 4.97. The topological polar surface area (TPSA) is 77.2 Å². The van der Waals surface area contributed by atoms with Crippen LogP contribution in [0.5, 0.6) is 0 Å². The van der Waals surface area contributed by atoms with Crippen molar-refractivity contribution < 1.29 is 12.6 Å². The molecular formula is C10H15NO3S2. The number of rotatable bonds is 4. The number of benzene rings is 1. The minimum atomic E-state index is -3.08. The van der Waals surface area contributed by atoms with E-state index in [1.54, 1.807) is 12.1 Å². The van der Waals surface area contributed by atoms with Gasteiger partial charge in [-0.1, -0.05) is 6.07 Å². The van der Waals surface area contributed by atoms with Crippen molar-refractivity contribution in [2.45, 2.75) is 11.8 Å². The van der Waals surface area contributed by atoms with E-state index in [9.17, 15) is 12.6 Å². The van der Waals surface area contributed by atoms with E-state index in [-0.39, 0.29) is 11.5 Å². The van der Waals surface area contributed by atoms with Crippen LogP contribution in [0.3, 0.4) is 0 Å². The Morgan fingerprint density at radius 2 is 2.00 bits per heavy atom. The summed E-state index contributed by atoms with van der Waals surface area (Å²) in [5, 5.41) is 0. The van der Waals surface area contributed by atoms with Crippen LogP contribution in [0.15, 0.2) is 23.1 Å². The number of sulfone groups is 1. The molecule has 0 saturated heterocycles. The summed E-state index contributed by atoms with van der Waals surface area (Å²) >= 11 is 0. The van der Waals surface area contributed by atoms with Crippen molar-refractivity contribution in [3.63, 3.8) is 0 Å². The van der Waals surface area contributed by atoms with Gasteiger partial charge in [0.15, 0.2) is 0 Å². The fourth-order valence-electron chi connectivity index (χ4n) is 1.18. The molecule has 0 fully saturated rings. The third-order valence-electron chi connectivity index (χ3n) is 2.05. The Morgan fingerprint density at radius 1 is 1.38 bits per heavy atom. The van der Waals surface area contributed by atoms with Gasteiger partial charge >= 0.3 is 0 Å². The molecule has 0 spiro atoms. The SMILES string of the molecule is Cc1ccc(N)c(S(=O)CCS(C)(=O)=O)c1. The molecule has 6 heteroatoms. The molecule has 2 N–H and O–H groups in total. The molecule has 1 aromatic carbocycles. The molecule has 0 aromatic heterocycles. The van der Waals surface area contributed by atoms with Gasteiger partial charge in [-0.25, -0.2) is 8.42 Å². The lowest BCUT2D eigenvalue weighted by Crippen LogP contribution is -2.12. The number of nitrogen functional groups attached to an aromatic ring is 1. The fraction of sp³-hybridized carbons (Fsp3) is 0.400. The minimum Gasteiger partial charge on any atom is -0.398 e. The Labute approximate surface area is 98.2 Å². The molecule has 1 rings (SSSR count). The molecule has 1 unspecified atom stereocenters. The highest BCUT2D eigenvalue weighted by molar-refractivity contribution is 7.92. The minimum absolute atomic E-state index is 0.0898. The Morgan fingerprint density at radius 3 is 2.56 bits per heavy atom. The van der Waals surface area contributed by atoms with Crippen molar-refractivity contribution in [1.29, 1.82) is 0 Å². The van der Waals surface area contributed by atoms with Gasteiger partial charge in [-0.3, -0.25) is 4.21 Å². The summed E-state index contributed by atoms with van der Waals surface area (Å²) in [6.07, 6.45) is 1.13. The summed E-state index contributed by atoms with van der Waals surface area (Å²) in [5.41, 5.74) is 7.08. The normalized spacial score (nSPS) is 13.6. The predicted molar refractivity (Wildman–Crippen MR) is 66.6 cm³/mol. The average Bonchev–Trinajstić information content (AvgIpc) is 2.17. The Balaban J connectivity index is 2.85. The smallest absolute Gasteiger partial charge is 0.148 e. The van der Waals surface area contributed by atoms with Gasteiger partial charge in [0.1, 0.15) is 9.84 Å². The first-order valence-electron chi connectivity index (χ1n) is 4.72. The first kappa shape index (κ1) is 13.2. The lowest BCUT2D eigenvalue weighted by molar-refractivity contribution is 0.602. The lowest BCUT2D eigenvalue weighted by Gasteiger charge is -2.06. The van der Waals surface area contributed by atoms with Crippen LogP contribution in [-0.2, 0) is 20.6 Å². The largest absolute Gasteiger partial charge is 0.398 e. The van der Waals surface area contributed by atoms with Crippen LogP contribution in [0.2, 0.25) is 0 Å². The Kier molecular flexibility index (Phi) is 4.09. The summed E-state index contributed by atoms with van der Waals surface area (Å²) in [6, 6.07) is 5.24. The highest BCUT2D eigenvalue weighted by Crippen LogP contribution is 2.18. The molecule has 0 heterocycles. The van der Waals surface area contributed by atoms with E-state index in [0.717, 1.165) is 11.8 Å². The van der Waals surface area contributed by atoms with Crippen LogP contribution < -0.4 is 5.73 Å². The summed E-state index contributed by atoms with van der Waals surface area (Å²) in [5.74, 6) is -0.000516. The maximum absolute atomic E-state index is 11.8. The quantitative estimate of drug-likeness (QED) is 0.811. The van der Waals surface area contributed by atoms with Crippen LogP contribution >= 0.6 is 0 Å². The van der Waals surface area contributed by atoms with E-state index >= 15 is 0 Å². The number of hydrogen-bond donors (Lipinski definition) is 1. The monoisotopic (exact) mass is 261 g/mol. The number of anilines is 1. The first-order valence-corrected chi connectivity index (χ1v) is 8.10. The van der Waals surface area contributed by atoms with Gasteiger partial charge in [-0.2, -0.15) is 0 Å². The zero-order chi connectivity index (χ0) is 12.3. The number of hydrogen-bond acceptors (Lipinski definition) is 4. The highest BCUT2D eigenvalue weighted by atomic mass is 32.2. The molecule has 1 aromatic rings. The molecular weight excluding hydrogens is 246 g/mol. The third kappa shape index (κ3) is 3.94. The van der Waals surface area contributed by atoms with Crippen LogP contribution in [0, 0.1) is 6.92 Å². The van der Waals surface area contributed by atoms with Gasteiger partial charge < -0.3 is 5.73 Å². The Hall–Kier alpha value is -0.880. The van der Waals surface area contributed by atoms with Crippen LogP contribution in [-0.4, -0.2) is 30.4 Å². The molecule has 0 aliphatic heterocycles. The van der Waals surface area contributed by atoms with Crippen LogP contribution in [0.25, 0.3) is 0 Å². The summed E-state index contributed by atoms with van der Waals surface area (Å²) in [7, 11) is -4.44. The van der Waals surface area contributed by atoms with Gasteiger partial charge in [0, 0.05) is 17.7 Å². The maximum Gasteiger partial charge on any atom is 0.148 e. The molecule has 0 amide bonds.